The topological polar surface area (TPSA) is 21.3 Å². The number of para-hydroxylation sites is 1. The first-order valence-corrected chi connectivity index (χ1v) is 6.73. The van der Waals surface area contributed by atoms with Gasteiger partial charge in [-0.15, -0.1) is 11.3 Å². The van der Waals surface area contributed by atoms with Crippen molar-refractivity contribution in [1.82, 2.24) is 5.32 Å². The Kier molecular flexibility index (Phi) is 2.87. The number of nitrogens with one attached hydrogen (secondary N) is 1. The van der Waals surface area contributed by atoms with E-state index in [4.69, 9.17) is 4.74 Å². The first kappa shape index (κ1) is 10.8. The highest BCUT2D eigenvalue weighted by Gasteiger charge is 2.17. The summed E-state index contributed by atoms with van der Waals surface area (Å²) in [5, 5.41) is 5.39. The molecule has 0 amide bonds. The van der Waals surface area contributed by atoms with Crippen LogP contribution in [0.1, 0.15) is 10.4 Å². The van der Waals surface area contributed by atoms with Crippen LogP contribution in [0.4, 0.5) is 0 Å². The van der Waals surface area contributed by atoms with Crippen molar-refractivity contribution in [3.05, 3.63) is 40.1 Å². The van der Waals surface area contributed by atoms with Gasteiger partial charge < -0.3 is 10.1 Å². The van der Waals surface area contributed by atoms with Crippen LogP contribution in [0.5, 0.6) is 5.75 Å². The lowest BCUT2D eigenvalue weighted by molar-refractivity contribution is 0.358. The average Bonchev–Trinajstić information content (AvgIpc) is 2.96. The van der Waals surface area contributed by atoms with Gasteiger partial charge in [-0.05, 0) is 29.6 Å². The van der Waals surface area contributed by atoms with Crippen LogP contribution in [0.15, 0.2) is 29.6 Å². The zero-order chi connectivity index (χ0) is 11.7. The Bertz CT molecular complexity index is 533. The maximum absolute atomic E-state index is 5.74. The van der Waals surface area contributed by atoms with Gasteiger partial charge >= 0.3 is 0 Å². The second-order valence-corrected chi connectivity index (χ2v) is 5.22. The van der Waals surface area contributed by atoms with Crippen LogP contribution in [0.25, 0.3) is 11.1 Å². The molecule has 0 fully saturated rings. The zero-order valence-electron chi connectivity index (χ0n) is 9.82. The minimum absolute atomic E-state index is 0.819. The van der Waals surface area contributed by atoms with E-state index in [1.807, 2.05) is 7.05 Å². The van der Waals surface area contributed by atoms with Crippen molar-refractivity contribution in [2.45, 2.75) is 13.0 Å². The number of benzene rings is 1. The number of ether oxygens (including phenoxy) is 1. The van der Waals surface area contributed by atoms with Crippen LogP contribution in [0, 0.1) is 0 Å². The predicted molar refractivity (Wildman–Crippen MR) is 71.7 cm³/mol. The third kappa shape index (κ3) is 1.96. The largest absolute Gasteiger partial charge is 0.492 e. The van der Waals surface area contributed by atoms with Crippen LogP contribution in [-0.2, 0) is 13.0 Å². The molecule has 2 nitrogen and oxygen atoms in total. The van der Waals surface area contributed by atoms with Crippen LogP contribution in [0.2, 0.25) is 0 Å². The van der Waals surface area contributed by atoms with Crippen molar-refractivity contribution in [3.8, 4) is 16.9 Å². The highest BCUT2D eigenvalue weighted by molar-refractivity contribution is 7.10. The standard InChI is InChI=1S/C14H15NOS/c1-15-8-12-7-11(9-17-12)13-4-2-3-10-5-6-16-14(10)13/h2-4,7,9,15H,5-6,8H2,1H3. The van der Waals surface area contributed by atoms with Crippen LogP contribution >= 0.6 is 11.3 Å². The van der Waals surface area contributed by atoms with E-state index in [0.717, 1.165) is 25.3 Å². The molecular formula is C14H15NOS. The summed E-state index contributed by atoms with van der Waals surface area (Å²) in [6, 6.07) is 8.68. The van der Waals surface area contributed by atoms with Crippen molar-refractivity contribution >= 4 is 11.3 Å². The highest BCUT2D eigenvalue weighted by Crippen LogP contribution is 2.38. The molecule has 1 aliphatic rings. The first-order chi connectivity index (χ1) is 8.38. The van der Waals surface area contributed by atoms with Gasteiger partial charge in [0.2, 0.25) is 0 Å². The van der Waals surface area contributed by atoms with E-state index in [0.29, 0.717) is 0 Å². The molecule has 0 spiro atoms. The number of hydrogen-bond acceptors (Lipinski definition) is 3. The Balaban J connectivity index is 2.00. The van der Waals surface area contributed by atoms with E-state index in [9.17, 15) is 0 Å². The maximum Gasteiger partial charge on any atom is 0.130 e. The lowest BCUT2D eigenvalue weighted by atomic mass is 10.0. The van der Waals surface area contributed by atoms with E-state index in [2.05, 4.69) is 35.0 Å². The van der Waals surface area contributed by atoms with E-state index in [-0.39, 0.29) is 0 Å². The molecule has 0 saturated heterocycles. The molecule has 3 heteroatoms. The van der Waals surface area contributed by atoms with E-state index in [1.165, 1.54) is 21.6 Å². The fourth-order valence-corrected chi connectivity index (χ4v) is 3.13. The van der Waals surface area contributed by atoms with Crippen molar-refractivity contribution in [2.75, 3.05) is 13.7 Å². The van der Waals surface area contributed by atoms with Crippen molar-refractivity contribution in [3.63, 3.8) is 0 Å². The molecule has 0 bridgehead atoms. The van der Waals surface area contributed by atoms with Gasteiger partial charge in [0, 0.05) is 23.4 Å². The maximum atomic E-state index is 5.74. The smallest absolute Gasteiger partial charge is 0.130 e. The van der Waals surface area contributed by atoms with Crippen molar-refractivity contribution in [1.29, 1.82) is 0 Å². The van der Waals surface area contributed by atoms with Gasteiger partial charge in [0.05, 0.1) is 6.61 Å². The molecule has 0 aliphatic carbocycles. The second kappa shape index (κ2) is 4.51. The quantitative estimate of drug-likeness (QED) is 0.897. The third-order valence-corrected chi connectivity index (χ3v) is 3.97. The Hall–Kier alpha value is -1.32. The molecular weight excluding hydrogens is 230 g/mol. The summed E-state index contributed by atoms with van der Waals surface area (Å²) in [6.07, 6.45) is 1.04. The van der Waals surface area contributed by atoms with Gasteiger partial charge in [-0.3, -0.25) is 0 Å². The molecule has 1 aromatic heterocycles. The lowest BCUT2D eigenvalue weighted by Crippen LogP contribution is -2.02. The number of thiophene rings is 1. The Morgan fingerprint density at radius 2 is 2.35 bits per heavy atom. The number of fused-ring (bicyclic) bond motifs is 1. The van der Waals surface area contributed by atoms with E-state index < -0.39 is 0 Å². The monoisotopic (exact) mass is 245 g/mol. The fourth-order valence-electron chi connectivity index (χ4n) is 2.23. The van der Waals surface area contributed by atoms with Gasteiger partial charge in [0.15, 0.2) is 0 Å². The van der Waals surface area contributed by atoms with Crippen LogP contribution in [0.3, 0.4) is 0 Å². The molecule has 1 aromatic carbocycles. The lowest BCUT2D eigenvalue weighted by Gasteiger charge is -2.05. The molecule has 2 heterocycles. The molecule has 0 radical (unpaired) electrons. The van der Waals surface area contributed by atoms with Gasteiger partial charge in [-0.1, -0.05) is 18.2 Å². The van der Waals surface area contributed by atoms with Crippen molar-refractivity contribution in [2.24, 2.45) is 0 Å². The zero-order valence-corrected chi connectivity index (χ0v) is 10.6. The van der Waals surface area contributed by atoms with Crippen molar-refractivity contribution < 1.29 is 4.74 Å². The summed E-state index contributed by atoms with van der Waals surface area (Å²) in [4.78, 5) is 1.36. The third-order valence-electron chi connectivity index (χ3n) is 3.03. The molecule has 1 aliphatic heterocycles. The van der Waals surface area contributed by atoms with E-state index >= 15 is 0 Å². The molecule has 0 saturated carbocycles. The van der Waals surface area contributed by atoms with Crippen LogP contribution < -0.4 is 10.1 Å². The Morgan fingerprint density at radius 1 is 1.41 bits per heavy atom. The highest BCUT2D eigenvalue weighted by atomic mass is 32.1. The fraction of sp³-hybridized carbons (Fsp3) is 0.286. The summed E-state index contributed by atoms with van der Waals surface area (Å²) in [5.74, 6) is 1.08. The molecule has 3 rings (SSSR count). The molecule has 17 heavy (non-hydrogen) atoms. The van der Waals surface area contributed by atoms with Gasteiger partial charge in [0.25, 0.3) is 0 Å². The summed E-state index contributed by atoms with van der Waals surface area (Å²) in [5.41, 5.74) is 3.85. The minimum Gasteiger partial charge on any atom is -0.492 e. The van der Waals surface area contributed by atoms with E-state index in [1.54, 1.807) is 11.3 Å². The SMILES string of the molecule is CNCc1cc(-c2cccc3c2OCC3)cs1. The number of rotatable bonds is 3. The Morgan fingerprint density at radius 3 is 3.24 bits per heavy atom. The summed E-state index contributed by atoms with van der Waals surface area (Å²) in [6.45, 7) is 1.75. The molecule has 0 atom stereocenters. The van der Waals surface area contributed by atoms with Crippen LogP contribution in [-0.4, -0.2) is 13.7 Å². The second-order valence-electron chi connectivity index (χ2n) is 4.22. The minimum atomic E-state index is 0.819. The molecule has 0 unspecified atom stereocenters. The molecule has 2 aromatic rings. The Labute approximate surface area is 105 Å². The normalized spacial score (nSPS) is 13.5. The molecule has 88 valence electrons. The van der Waals surface area contributed by atoms with Gasteiger partial charge in [0.1, 0.15) is 5.75 Å². The summed E-state index contributed by atoms with van der Waals surface area (Å²) >= 11 is 1.80. The average molecular weight is 245 g/mol. The summed E-state index contributed by atoms with van der Waals surface area (Å²) in [7, 11) is 1.97. The summed E-state index contributed by atoms with van der Waals surface area (Å²) < 4.78 is 5.74. The van der Waals surface area contributed by atoms with Gasteiger partial charge in [-0.2, -0.15) is 0 Å². The van der Waals surface area contributed by atoms with Gasteiger partial charge in [-0.25, -0.2) is 0 Å². The number of hydrogen-bond donors (Lipinski definition) is 1. The first-order valence-electron chi connectivity index (χ1n) is 5.85. The molecule has 1 N–H and O–H groups in total. The predicted octanol–water partition coefficient (Wildman–Crippen LogP) is 3.07.